The minimum absolute atomic E-state index is 0.779. The number of nitrogens with zero attached hydrogens (tertiary/aromatic N) is 1. The van der Waals surface area contributed by atoms with Gasteiger partial charge in [0.25, 0.3) is 0 Å². The van der Waals surface area contributed by atoms with Crippen LogP contribution in [-0.4, -0.2) is 4.98 Å². The molecule has 0 amide bonds. The molecule has 0 radical (unpaired) electrons. The summed E-state index contributed by atoms with van der Waals surface area (Å²) in [5.41, 5.74) is 9.82. The molecule has 2 heteroatoms. The van der Waals surface area contributed by atoms with Crippen molar-refractivity contribution in [1.82, 2.24) is 4.98 Å². The van der Waals surface area contributed by atoms with Crippen LogP contribution in [-0.2, 0) is 0 Å². The zero-order valence-electron chi connectivity index (χ0n) is 9.07. The molecule has 0 unspecified atom stereocenters. The Morgan fingerprint density at radius 3 is 2.75 bits per heavy atom. The highest BCUT2D eigenvalue weighted by Crippen LogP contribution is 2.23. The number of benzene rings is 2. The van der Waals surface area contributed by atoms with Gasteiger partial charge in [-0.2, -0.15) is 0 Å². The lowest BCUT2D eigenvalue weighted by atomic mass is 10.1. The molecule has 3 rings (SSSR count). The topological polar surface area (TPSA) is 38.9 Å². The normalized spacial score (nSPS) is 11.1. The summed E-state index contributed by atoms with van der Waals surface area (Å²) in [6, 6.07) is 14.2. The Morgan fingerprint density at radius 1 is 1.00 bits per heavy atom. The van der Waals surface area contributed by atoms with E-state index < -0.39 is 0 Å². The summed E-state index contributed by atoms with van der Waals surface area (Å²) in [7, 11) is 0. The van der Waals surface area contributed by atoms with Crippen molar-refractivity contribution >= 4 is 27.5 Å². The van der Waals surface area contributed by atoms with Crippen LogP contribution < -0.4 is 5.73 Å². The number of hydrogen-bond donors (Lipinski definition) is 1. The number of hydrogen-bond acceptors (Lipinski definition) is 2. The largest absolute Gasteiger partial charge is 0.399 e. The van der Waals surface area contributed by atoms with E-state index in [0.717, 1.165) is 27.5 Å². The molecule has 0 aliphatic rings. The summed E-state index contributed by atoms with van der Waals surface area (Å²) in [5.74, 6) is 0. The van der Waals surface area contributed by atoms with Crippen molar-refractivity contribution < 1.29 is 0 Å². The molecule has 2 aromatic carbocycles. The summed E-state index contributed by atoms with van der Waals surface area (Å²) >= 11 is 0. The zero-order valence-corrected chi connectivity index (χ0v) is 9.07. The van der Waals surface area contributed by atoms with Gasteiger partial charge in [0.1, 0.15) is 0 Å². The van der Waals surface area contributed by atoms with Crippen LogP contribution in [0.25, 0.3) is 21.8 Å². The summed E-state index contributed by atoms with van der Waals surface area (Å²) < 4.78 is 0. The van der Waals surface area contributed by atoms with Crippen molar-refractivity contribution in [2.75, 3.05) is 5.73 Å². The summed E-state index contributed by atoms with van der Waals surface area (Å²) in [4.78, 5) is 4.66. The van der Waals surface area contributed by atoms with Gasteiger partial charge in [-0.1, -0.05) is 18.2 Å². The van der Waals surface area contributed by atoms with Crippen molar-refractivity contribution in [1.29, 1.82) is 0 Å². The summed E-state index contributed by atoms with van der Waals surface area (Å²) in [5, 5.41) is 2.26. The predicted molar refractivity (Wildman–Crippen MR) is 68.4 cm³/mol. The molecule has 0 bridgehead atoms. The Balaban J connectivity index is 2.49. The molecule has 0 aliphatic heterocycles. The Kier molecular flexibility index (Phi) is 1.83. The molecule has 0 aliphatic carbocycles. The maximum atomic E-state index is 5.77. The second-order valence-corrected chi connectivity index (χ2v) is 4.09. The first kappa shape index (κ1) is 9.16. The molecule has 0 saturated carbocycles. The van der Waals surface area contributed by atoms with E-state index in [4.69, 9.17) is 5.73 Å². The quantitative estimate of drug-likeness (QED) is 0.455. The molecule has 2 nitrogen and oxygen atoms in total. The molecule has 0 spiro atoms. The Bertz CT molecular complexity index is 686. The van der Waals surface area contributed by atoms with E-state index in [9.17, 15) is 0 Å². The van der Waals surface area contributed by atoms with E-state index >= 15 is 0 Å². The molecule has 0 fully saturated rings. The number of anilines is 1. The van der Waals surface area contributed by atoms with Gasteiger partial charge >= 0.3 is 0 Å². The Morgan fingerprint density at radius 2 is 1.88 bits per heavy atom. The first-order valence-electron chi connectivity index (χ1n) is 5.30. The standard InChI is InChI=1S/C14H12N2/c1-9-3-2-4-10-7-11-8-12(15)5-6-13(11)16-14(9)10/h2-8H,15H2,1H3. The average molecular weight is 208 g/mol. The maximum absolute atomic E-state index is 5.77. The van der Waals surface area contributed by atoms with E-state index in [1.165, 1.54) is 5.56 Å². The van der Waals surface area contributed by atoms with Gasteiger partial charge in [0.15, 0.2) is 0 Å². The van der Waals surface area contributed by atoms with Crippen LogP contribution in [0.4, 0.5) is 5.69 Å². The van der Waals surface area contributed by atoms with Crippen LogP contribution in [0.3, 0.4) is 0 Å². The van der Waals surface area contributed by atoms with Crippen LogP contribution in [0, 0.1) is 6.92 Å². The van der Waals surface area contributed by atoms with Crippen LogP contribution in [0.15, 0.2) is 42.5 Å². The average Bonchev–Trinajstić information content (AvgIpc) is 2.27. The highest BCUT2D eigenvalue weighted by molar-refractivity contribution is 5.95. The fourth-order valence-electron chi connectivity index (χ4n) is 2.03. The first-order valence-corrected chi connectivity index (χ1v) is 5.30. The van der Waals surface area contributed by atoms with Crippen molar-refractivity contribution in [2.45, 2.75) is 6.92 Å². The minimum atomic E-state index is 0.779. The highest BCUT2D eigenvalue weighted by atomic mass is 14.7. The predicted octanol–water partition coefficient (Wildman–Crippen LogP) is 3.28. The number of aromatic nitrogens is 1. The third kappa shape index (κ3) is 1.31. The highest BCUT2D eigenvalue weighted by Gasteiger charge is 2.01. The SMILES string of the molecule is Cc1cccc2cc3cc(N)ccc3nc12. The number of para-hydroxylation sites is 1. The first-order chi connectivity index (χ1) is 7.74. The van der Waals surface area contributed by atoms with E-state index in [2.05, 4.69) is 36.2 Å². The molecule has 1 heterocycles. The summed E-state index contributed by atoms with van der Waals surface area (Å²) in [6.45, 7) is 2.08. The lowest BCUT2D eigenvalue weighted by Crippen LogP contribution is -1.88. The molecule has 78 valence electrons. The van der Waals surface area contributed by atoms with E-state index in [0.29, 0.717) is 0 Å². The smallest absolute Gasteiger partial charge is 0.0738 e. The van der Waals surface area contributed by atoms with Gasteiger partial charge in [-0.15, -0.1) is 0 Å². The molecular formula is C14H12N2. The molecular weight excluding hydrogens is 196 g/mol. The van der Waals surface area contributed by atoms with Crippen LogP contribution in [0.5, 0.6) is 0 Å². The van der Waals surface area contributed by atoms with Crippen molar-refractivity contribution in [3.05, 3.63) is 48.0 Å². The molecule has 3 aromatic rings. The number of nitrogens with two attached hydrogens (primary N) is 1. The van der Waals surface area contributed by atoms with E-state index in [-0.39, 0.29) is 0 Å². The molecule has 0 atom stereocenters. The number of pyridine rings is 1. The maximum Gasteiger partial charge on any atom is 0.0738 e. The fraction of sp³-hybridized carbons (Fsp3) is 0.0714. The molecule has 0 saturated heterocycles. The van der Waals surface area contributed by atoms with Gasteiger partial charge in [-0.05, 0) is 36.8 Å². The van der Waals surface area contributed by atoms with Gasteiger partial charge < -0.3 is 5.73 Å². The fourth-order valence-corrected chi connectivity index (χ4v) is 2.03. The van der Waals surface area contributed by atoms with Crippen molar-refractivity contribution in [3.63, 3.8) is 0 Å². The van der Waals surface area contributed by atoms with Crippen LogP contribution >= 0.6 is 0 Å². The third-order valence-corrected chi connectivity index (χ3v) is 2.86. The van der Waals surface area contributed by atoms with Gasteiger partial charge in [-0.25, -0.2) is 4.98 Å². The Hall–Kier alpha value is -2.09. The van der Waals surface area contributed by atoms with Gasteiger partial charge in [0, 0.05) is 16.5 Å². The second-order valence-electron chi connectivity index (χ2n) is 4.09. The van der Waals surface area contributed by atoms with Gasteiger partial charge in [-0.3, -0.25) is 0 Å². The monoisotopic (exact) mass is 208 g/mol. The zero-order chi connectivity index (χ0) is 11.1. The number of fused-ring (bicyclic) bond motifs is 2. The Labute approximate surface area is 93.7 Å². The van der Waals surface area contributed by atoms with Crippen molar-refractivity contribution in [3.8, 4) is 0 Å². The molecule has 16 heavy (non-hydrogen) atoms. The van der Waals surface area contributed by atoms with Crippen LogP contribution in [0.1, 0.15) is 5.56 Å². The number of nitrogen functional groups attached to an aromatic ring is 1. The molecule has 1 aromatic heterocycles. The van der Waals surface area contributed by atoms with E-state index in [1.54, 1.807) is 0 Å². The lowest BCUT2D eigenvalue weighted by molar-refractivity contribution is 1.42. The lowest BCUT2D eigenvalue weighted by Gasteiger charge is -2.04. The second kappa shape index (κ2) is 3.20. The third-order valence-electron chi connectivity index (χ3n) is 2.86. The van der Waals surface area contributed by atoms with E-state index in [1.807, 2.05) is 18.2 Å². The van der Waals surface area contributed by atoms with Gasteiger partial charge in [0.05, 0.1) is 11.0 Å². The summed E-state index contributed by atoms with van der Waals surface area (Å²) in [6.07, 6.45) is 0. The van der Waals surface area contributed by atoms with Gasteiger partial charge in [0.2, 0.25) is 0 Å². The van der Waals surface area contributed by atoms with Crippen molar-refractivity contribution in [2.24, 2.45) is 0 Å². The minimum Gasteiger partial charge on any atom is -0.399 e. The number of aryl methyl sites for hydroxylation is 1. The number of rotatable bonds is 0. The van der Waals surface area contributed by atoms with Crippen LogP contribution in [0.2, 0.25) is 0 Å². The molecule has 2 N–H and O–H groups in total.